The summed E-state index contributed by atoms with van der Waals surface area (Å²) < 4.78 is 35.2. The van der Waals surface area contributed by atoms with E-state index in [1.165, 1.54) is 6.07 Å². The number of sulfone groups is 1. The predicted octanol–water partition coefficient (Wildman–Crippen LogP) is -0.0967. The Hall–Kier alpha value is -2.16. The molecule has 1 amide bonds. The third kappa shape index (κ3) is 4.54. The average Bonchev–Trinajstić information content (AvgIpc) is 2.28. The largest absolute Gasteiger partial charge is 0.409 e. The van der Waals surface area contributed by atoms with E-state index < -0.39 is 33.2 Å². The molecule has 0 fully saturated rings. The highest BCUT2D eigenvalue weighted by molar-refractivity contribution is 7.91. The van der Waals surface area contributed by atoms with Gasteiger partial charge in [0.1, 0.15) is 11.6 Å². The van der Waals surface area contributed by atoms with Crippen molar-refractivity contribution in [2.24, 2.45) is 10.9 Å². The first kappa shape index (κ1) is 14.9. The third-order valence-electron chi connectivity index (χ3n) is 2.03. The Kier molecular flexibility index (Phi) is 4.43. The van der Waals surface area contributed by atoms with Crippen LogP contribution in [0.2, 0.25) is 0 Å². The van der Waals surface area contributed by atoms with Crippen LogP contribution in [0.5, 0.6) is 0 Å². The first-order valence-corrected chi connectivity index (χ1v) is 7.04. The van der Waals surface area contributed by atoms with E-state index in [2.05, 4.69) is 10.5 Å². The summed E-state index contributed by atoms with van der Waals surface area (Å²) in [6, 6.07) is 3.36. The Morgan fingerprint density at radius 2 is 2.16 bits per heavy atom. The lowest BCUT2D eigenvalue weighted by atomic mass is 10.1. The normalized spacial score (nSPS) is 12.2. The molecule has 0 saturated heterocycles. The van der Waals surface area contributed by atoms with Gasteiger partial charge in [0.2, 0.25) is 5.91 Å². The maximum atomic E-state index is 13.3. The lowest BCUT2D eigenvalue weighted by Crippen LogP contribution is -2.22. The summed E-state index contributed by atoms with van der Waals surface area (Å²) >= 11 is 0. The second kappa shape index (κ2) is 5.65. The molecule has 1 aromatic carbocycles. The number of anilines is 1. The molecule has 0 atom stereocenters. The smallest absolute Gasteiger partial charge is 0.239 e. The highest BCUT2D eigenvalue weighted by Crippen LogP contribution is 2.14. The molecular weight excluding hydrogens is 277 g/mol. The summed E-state index contributed by atoms with van der Waals surface area (Å²) in [7, 11) is -3.46. The van der Waals surface area contributed by atoms with Crippen LogP contribution in [0.1, 0.15) is 5.56 Å². The molecule has 9 heteroatoms. The maximum Gasteiger partial charge on any atom is 0.239 e. The second-order valence-electron chi connectivity index (χ2n) is 3.80. The quantitative estimate of drug-likeness (QED) is 0.309. The van der Waals surface area contributed by atoms with Crippen LogP contribution in [0, 0.1) is 5.82 Å². The molecule has 4 N–H and O–H groups in total. The number of nitrogens with one attached hydrogen (secondary N) is 1. The molecular formula is C10H12FN3O4S. The number of nitrogens with two attached hydrogens (primary N) is 1. The molecule has 0 aromatic heterocycles. The van der Waals surface area contributed by atoms with Gasteiger partial charge >= 0.3 is 0 Å². The van der Waals surface area contributed by atoms with Crippen molar-refractivity contribution in [3.63, 3.8) is 0 Å². The summed E-state index contributed by atoms with van der Waals surface area (Å²) in [6.45, 7) is 0. The standard InChI is InChI=1S/C10H12FN3O4S/c1-19(17,18)5-9(15)13-6-2-3-8(11)7(4-6)10(12)14-16/h2-4,16H,5H2,1H3,(H2,12,14)(H,13,15). The van der Waals surface area contributed by atoms with Crippen LogP contribution in [0.15, 0.2) is 23.4 Å². The minimum Gasteiger partial charge on any atom is -0.409 e. The highest BCUT2D eigenvalue weighted by Gasteiger charge is 2.13. The first-order valence-electron chi connectivity index (χ1n) is 4.98. The topological polar surface area (TPSA) is 122 Å². The molecule has 1 aromatic rings. The zero-order valence-electron chi connectivity index (χ0n) is 9.92. The number of rotatable bonds is 4. The van der Waals surface area contributed by atoms with Gasteiger partial charge in [-0.15, -0.1) is 0 Å². The van der Waals surface area contributed by atoms with Gasteiger partial charge in [-0.05, 0) is 18.2 Å². The van der Waals surface area contributed by atoms with E-state index in [4.69, 9.17) is 10.9 Å². The van der Waals surface area contributed by atoms with Gasteiger partial charge in [-0.2, -0.15) is 0 Å². The lowest BCUT2D eigenvalue weighted by molar-refractivity contribution is -0.113. The van der Waals surface area contributed by atoms with Gasteiger partial charge in [0.15, 0.2) is 15.7 Å². The van der Waals surface area contributed by atoms with E-state index in [0.717, 1.165) is 18.4 Å². The summed E-state index contributed by atoms with van der Waals surface area (Å²) in [5.41, 5.74) is 5.18. The number of carbonyl (C=O) groups excluding carboxylic acids is 1. The third-order valence-corrected chi connectivity index (χ3v) is 2.81. The number of nitrogens with zero attached hydrogens (tertiary/aromatic N) is 1. The van der Waals surface area contributed by atoms with Crippen molar-refractivity contribution < 1.29 is 22.8 Å². The van der Waals surface area contributed by atoms with Crippen LogP contribution in [0.4, 0.5) is 10.1 Å². The van der Waals surface area contributed by atoms with Crippen LogP contribution >= 0.6 is 0 Å². The van der Waals surface area contributed by atoms with Crippen LogP contribution in [-0.2, 0) is 14.6 Å². The fraction of sp³-hybridized carbons (Fsp3) is 0.200. The van der Waals surface area contributed by atoms with Crippen molar-refractivity contribution in [2.45, 2.75) is 0 Å². The molecule has 0 heterocycles. The van der Waals surface area contributed by atoms with Gasteiger partial charge in [0.25, 0.3) is 0 Å². The van der Waals surface area contributed by atoms with Gasteiger partial charge in [0.05, 0.1) is 5.56 Å². The Morgan fingerprint density at radius 3 is 2.68 bits per heavy atom. The van der Waals surface area contributed by atoms with Crippen molar-refractivity contribution in [2.75, 3.05) is 17.3 Å². The molecule has 0 aliphatic carbocycles. The maximum absolute atomic E-state index is 13.3. The zero-order chi connectivity index (χ0) is 14.6. The van der Waals surface area contributed by atoms with Crippen molar-refractivity contribution >= 4 is 27.3 Å². The van der Waals surface area contributed by atoms with Crippen molar-refractivity contribution in [3.05, 3.63) is 29.6 Å². The van der Waals surface area contributed by atoms with Gasteiger partial charge in [-0.25, -0.2) is 12.8 Å². The average molecular weight is 289 g/mol. The Balaban J connectivity index is 2.95. The molecule has 0 aliphatic heterocycles. The summed E-state index contributed by atoms with van der Waals surface area (Å²) in [4.78, 5) is 11.4. The predicted molar refractivity (Wildman–Crippen MR) is 67.3 cm³/mol. The molecule has 0 saturated carbocycles. The number of oxime groups is 1. The van der Waals surface area contributed by atoms with Crippen LogP contribution in [0.3, 0.4) is 0 Å². The van der Waals surface area contributed by atoms with Crippen LogP contribution in [-0.4, -0.2) is 37.4 Å². The van der Waals surface area contributed by atoms with Crippen molar-refractivity contribution in [1.29, 1.82) is 0 Å². The number of hydrogen-bond acceptors (Lipinski definition) is 5. The van der Waals surface area contributed by atoms with E-state index in [1.54, 1.807) is 0 Å². The monoisotopic (exact) mass is 289 g/mol. The Labute approximate surface area is 108 Å². The second-order valence-corrected chi connectivity index (χ2v) is 5.94. The first-order chi connectivity index (χ1) is 8.73. The number of benzene rings is 1. The van der Waals surface area contributed by atoms with Crippen LogP contribution < -0.4 is 11.1 Å². The summed E-state index contributed by atoms with van der Waals surface area (Å²) in [5.74, 6) is -2.66. The van der Waals surface area contributed by atoms with E-state index in [-0.39, 0.29) is 11.3 Å². The molecule has 0 aliphatic rings. The molecule has 0 unspecified atom stereocenters. The highest BCUT2D eigenvalue weighted by atomic mass is 32.2. The summed E-state index contributed by atoms with van der Waals surface area (Å²) in [6.07, 6.45) is 0.916. The van der Waals surface area contributed by atoms with E-state index >= 15 is 0 Å². The van der Waals surface area contributed by atoms with E-state index in [9.17, 15) is 17.6 Å². The van der Waals surface area contributed by atoms with E-state index in [0.29, 0.717) is 0 Å². The molecule has 0 radical (unpaired) electrons. The minimum absolute atomic E-state index is 0.136. The molecule has 104 valence electrons. The number of halogens is 1. The fourth-order valence-electron chi connectivity index (χ4n) is 1.29. The van der Waals surface area contributed by atoms with Crippen LogP contribution in [0.25, 0.3) is 0 Å². The van der Waals surface area contributed by atoms with Gasteiger partial charge in [0, 0.05) is 11.9 Å². The fourth-order valence-corrected chi connectivity index (χ4v) is 1.84. The summed E-state index contributed by atoms with van der Waals surface area (Å²) in [5, 5.41) is 13.4. The molecule has 0 spiro atoms. The molecule has 0 bridgehead atoms. The van der Waals surface area contributed by atoms with E-state index in [1.807, 2.05) is 0 Å². The van der Waals surface area contributed by atoms with Gasteiger partial charge in [-0.1, -0.05) is 5.16 Å². The molecule has 19 heavy (non-hydrogen) atoms. The number of amides is 1. The number of carbonyl (C=O) groups is 1. The molecule has 7 nitrogen and oxygen atoms in total. The van der Waals surface area contributed by atoms with Crippen molar-refractivity contribution in [1.82, 2.24) is 0 Å². The lowest BCUT2D eigenvalue weighted by Gasteiger charge is -2.07. The van der Waals surface area contributed by atoms with Gasteiger partial charge in [-0.3, -0.25) is 4.79 Å². The Morgan fingerprint density at radius 1 is 1.53 bits per heavy atom. The van der Waals surface area contributed by atoms with Crippen molar-refractivity contribution in [3.8, 4) is 0 Å². The number of amidine groups is 1. The molecule has 1 rings (SSSR count). The number of hydrogen-bond donors (Lipinski definition) is 3. The Bertz CT molecular complexity index is 628. The SMILES string of the molecule is CS(=O)(=O)CC(=O)Nc1ccc(F)c(C(N)=NO)c1. The van der Waals surface area contributed by atoms with Gasteiger partial charge < -0.3 is 16.3 Å². The zero-order valence-corrected chi connectivity index (χ0v) is 10.7. The minimum atomic E-state index is -3.46.